The van der Waals surface area contributed by atoms with Gasteiger partial charge in [-0.3, -0.25) is 9.59 Å². The van der Waals surface area contributed by atoms with Crippen LogP contribution in [-0.4, -0.2) is 37.9 Å². The Labute approximate surface area is 397 Å². The standard InChI is InChI=1S/C59H104O5/c1-4-7-10-13-16-19-22-25-27-29-30-31-32-35-37-40-43-46-49-52-58(60)63-56-57(64-59(61)53-50-47-44-41-38-34-24-21-18-15-12-9-6-3)55-62-54-51-48-45-42-39-36-33-28-26-23-20-17-14-11-8-5-2/h8-9,11-12,17-18,20-21,26,28,34,38,57H,4-7,10,13-16,19,22-25,27,29-33,35-37,39-56H2,1-3H3/b11-8-,12-9-,20-17-,21-18-,28-26-,38-34-. The van der Waals surface area contributed by atoms with E-state index in [9.17, 15) is 9.59 Å². The van der Waals surface area contributed by atoms with E-state index in [1.165, 1.54) is 135 Å². The summed E-state index contributed by atoms with van der Waals surface area (Å²) < 4.78 is 17.4. The molecule has 0 aliphatic heterocycles. The highest BCUT2D eigenvalue weighted by Gasteiger charge is 2.17. The van der Waals surface area contributed by atoms with E-state index in [1.807, 2.05) is 0 Å². The van der Waals surface area contributed by atoms with Gasteiger partial charge in [0.25, 0.3) is 0 Å². The van der Waals surface area contributed by atoms with Crippen LogP contribution in [0.2, 0.25) is 0 Å². The zero-order chi connectivity index (χ0) is 46.3. The van der Waals surface area contributed by atoms with Crippen LogP contribution in [-0.2, 0) is 23.8 Å². The van der Waals surface area contributed by atoms with Crippen LogP contribution < -0.4 is 0 Å². The van der Waals surface area contributed by atoms with Crippen LogP contribution in [0.1, 0.15) is 265 Å². The minimum Gasteiger partial charge on any atom is -0.462 e. The monoisotopic (exact) mass is 893 g/mol. The van der Waals surface area contributed by atoms with Crippen LogP contribution in [0.15, 0.2) is 72.9 Å². The van der Waals surface area contributed by atoms with Crippen LogP contribution in [0, 0.1) is 0 Å². The molecular formula is C59H104O5. The first kappa shape index (κ1) is 61.3. The van der Waals surface area contributed by atoms with Crippen LogP contribution in [0.25, 0.3) is 0 Å². The van der Waals surface area contributed by atoms with E-state index in [2.05, 4.69) is 93.7 Å². The molecule has 0 fully saturated rings. The lowest BCUT2D eigenvalue weighted by Gasteiger charge is -2.18. The van der Waals surface area contributed by atoms with Crippen molar-refractivity contribution in [2.45, 2.75) is 271 Å². The van der Waals surface area contributed by atoms with E-state index >= 15 is 0 Å². The number of rotatable bonds is 50. The molecule has 0 amide bonds. The summed E-state index contributed by atoms with van der Waals surface area (Å²) in [5, 5.41) is 0. The summed E-state index contributed by atoms with van der Waals surface area (Å²) >= 11 is 0. The lowest BCUT2D eigenvalue weighted by atomic mass is 10.0. The van der Waals surface area contributed by atoms with Gasteiger partial charge in [0.05, 0.1) is 6.61 Å². The molecule has 0 aromatic rings. The molecule has 0 N–H and O–H groups in total. The average molecular weight is 893 g/mol. The summed E-state index contributed by atoms with van der Waals surface area (Å²) in [6.07, 6.45) is 70.7. The van der Waals surface area contributed by atoms with Gasteiger partial charge < -0.3 is 14.2 Å². The third kappa shape index (κ3) is 52.0. The molecule has 0 aliphatic rings. The Balaban J connectivity index is 4.26. The number of esters is 2. The summed E-state index contributed by atoms with van der Waals surface area (Å²) in [7, 11) is 0. The van der Waals surface area contributed by atoms with Crippen molar-refractivity contribution in [3.8, 4) is 0 Å². The van der Waals surface area contributed by atoms with Crippen molar-refractivity contribution in [3.05, 3.63) is 72.9 Å². The Hall–Kier alpha value is -2.66. The number of carbonyl (C=O) groups excluding carboxylic acids is 2. The highest BCUT2D eigenvalue weighted by molar-refractivity contribution is 5.70. The van der Waals surface area contributed by atoms with Crippen molar-refractivity contribution in [3.63, 3.8) is 0 Å². The van der Waals surface area contributed by atoms with Crippen LogP contribution in [0.5, 0.6) is 0 Å². The number of allylic oxidation sites excluding steroid dienone is 12. The molecule has 0 spiro atoms. The van der Waals surface area contributed by atoms with Gasteiger partial charge in [0.1, 0.15) is 6.61 Å². The van der Waals surface area contributed by atoms with E-state index < -0.39 is 6.10 Å². The number of unbranched alkanes of at least 4 members (excludes halogenated alkanes) is 27. The molecule has 0 aromatic carbocycles. The van der Waals surface area contributed by atoms with E-state index in [-0.39, 0.29) is 25.2 Å². The Morgan fingerprint density at radius 1 is 0.359 bits per heavy atom. The Bertz CT molecular complexity index is 1150. The Morgan fingerprint density at radius 2 is 0.703 bits per heavy atom. The molecule has 5 heteroatoms. The van der Waals surface area contributed by atoms with E-state index in [1.54, 1.807) is 0 Å². The van der Waals surface area contributed by atoms with Crippen LogP contribution in [0.4, 0.5) is 0 Å². The molecule has 0 saturated heterocycles. The Morgan fingerprint density at radius 3 is 1.14 bits per heavy atom. The largest absolute Gasteiger partial charge is 0.462 e. The van der Waals surface area contributed by atoms with Gasteiger partial charge in [-0.05, 0) is 83.5 Å². The number of ether oxygens (including phenoxy) is 3. The molecule has 64 heavy (non-hydrogen) atoms. The zero-order valence-electron chi connectivity index (χ0n) is 42.5. The first-order chi connectivity index (χ1) is 31.6. The fraction of sp³-hybridized carbons (Fsp3) is 0.763. The van der Waals surface area contributed by atoms with Crippen LogP contribution >= 0.6 is 0 Å². The molecule has 5 nitrogen and oxygen atoms in total. The first-order valence-corrected chi connectivity index (χ1v) is 27.5. The molecule has 0 aliphatic carbocycles. The third-order valence-corrected chi connectivity index (χ3v) is 11.7. The fourth-order valence-electron chi connectivity index (χ4n) is 7.72. The topological polar surface area (TPSA) is 61.8 Å². The normalized spacial score (nSPS) is 12.7. The molecule has 0 radical (unpaired) electrons. The van der Waals surface area contributed by atoms with Crippen molar-refractivity contribution >= 4 is 11.9 Å². The van der Waals surface area contributed by atoms with Crippen molar-refractivity contribution in [2.24, 2.45) is 0 Å². The number of carbonyl (C=O) groups is 2. The van der Waals surface area contributed by atoms with Gasteiger partial charge in [0.2, 0.25) is 0 Å². The molecule has 0 bridgehead atoms. The van der Waals surface area contributed by atoms with Gasteiger partial charge >= 0.3 is 11.9 Å². The summed E-state index contributed by atoms with van der Waals surface area (Å²) in [6.45, 7) is 7.57. The smallest absolute Gasteiger partial charge is 0.306 e. The molecule has 0 heterocycles. The predicted octanol–water partition coefficient (Wildman–Crippen LogP) is 18.7. The lowest BCUT2D eigenvalue weighted by Crippen LogP contribution is -2.30. The molecule has 0 saturated carbocycles. The minimum absolute atomic E-state index is 0.0683. The molecule has 370 valence electrons. The highest BCUT2D eigenvalue weighted by Crippen LogP contribution is 2.16. The van der Waals surface area contributed by atoms with Gasteiger partial charge in [-0.2, -0.15) is 0 Å². The maximum atomic E-state index is 12.8. The summed E-state index contributed by atoms with van der Waals surface area (Å²) in [5.41, 5.74) is 0. The van der Waals surface area contributed by atoms with Crippen molar-refractivity contribution < 1.29 is 23.8 Å². The second-order valence-electron chi connectivity index (χ2n) is 18.1. The summed E-state index contributed by atoms with van der Waals surface area (Å²) in [6, 6.07) is 0. The third-order valence-electron chi connectivity index (χ3n) is 11.7. The zero-order valence-corrected chi connectivity index (χ0v) is 42.5. The van der Waals surface area contributed by atoms with Gasteiger partial charge in [-0.1, -0.05) is 241 Å². The number of hydrogen-bond donors (Lipinski definition) is 0. The van der Waals surface area contributed by atoms with E-state index in [4.69, 9.17) is 14.2 Å². The van der Waals surface area contributed by atoms with Crippen molar-refractivity contribution in [1.82, 2.24) is 0 Å². The fourth-order valence-corrected chi connectivity index (χ4v) is 7.72. The molecule has 0 aromatic heterocycles. The van der Waals surface area contributed by atoms with Gasteiger partial charge in [0, 0.05) is 19.4 Å². The quantitative estimate of drug-likeness (QED) is 0.0346. The van der Waals surface area contributed by atoms with Crippen molar-refractivity contribution in [2.75, 3.05) is 19.8 Å². The highest BCUT2D eigenvalue weighted by atomic mass is 16.6. The van der Waals surface area contributed by atoms with E-state index in [0.29, 0.717) is 19.4 Å². The molecule has 1 atom stereocenters. The molecule has 1 unspecified atom stereocenters. The first-order valence-electron chi connectivity index (χ1n) is 27.5. The second-order valence-corrected chi connectivity index (χ2v) is 18.1. The maximum Gasteiger partial charge on any atom is 0.306 e. The molecule has 0 rings (SSSR count). The predicted molar refractivity (Wildman–Crippen MR) is 279 cm³/mol. The van der Waals surface area contributed by atoms with Crippen molar-refractivity contribution in [1.29, 1.82) is 0 Å². The van der Waals surface area contributed by atoms with Gasteiger partial charge in [-0.25, -0.2) is 0 Å². The van der Waals surface area contributed by atoms with Gasteiger partial charge in [0.15, 0.2) is 6.10 Å². The summed E-state index contributed by atoms with van der Waals surface area (Å²) in [4.78, 5) is 25.4. The average Bonchev–Trinajstić information content (AvgIpc) is 3.30. The molecular weight excluding hydrogens is 789 g/mol. The summed E-state index contributed by atoms with van der Waals surface area (Å²) in [5.74, 6) is -0.430. The Kier molecular flexibility index (Phi) is 52.4. The van der Waals surface area contributed by atoms with Crippen LogP contribution in [0.3, 0.4) is 0 Å². The van der Waals surface area contributed by atoms with Gasteiger partial charge in [-0.15, -0.1) is 0 Å². The lowest BCUT2D eigenvalue weighted by molar-refractivity contribution is -0.163. The van der Waals surface area contributed by atoms with E-state index in [0.717, 1.165) is 96.3 Å². The number of hydrogen-bond acceptors (Lipinski definition) is 5. The SMILES string of the molecule is CC/C=C\C/C=C\C/C=C\CCCCCCCCOCC(COC(=O)CCCCCCCCCCCCCCCCCCCCC)OC(=O)CCCCC/C=C\C/C=C\C/C=C\CC. The second kappa shape index (κ2) is 54.7. The minimum atomic E-state index is -0.559. The maximum absolute atomic E-state index is 12.8.